The monoisotopic (exact) mass is 214 g/mol. The van der Waals surface area contributed by atoms with Gasteiger partial charge >= 0.3 is 7.12 Å². The van der Waals surface area contributed by atoms with Gasteiger partial charge in [0.1, 0.15) is 5.82 Å². The Labute approximate surface area is 87.3 Å². The van der Waals surface area contributed by atoms with Crippen LogP contribution < -0.4 is 5.46 Å². The minimum absolute atomic E-state index is 0.0638. The first-order chi connectivity index (χ1) is 6.65. The highest BCUT2D eigenvalue weighted by Crippen LogP contribution is 2.17. The molecule has 1 aromatic carbocycles. The topological polar surface area (TPSA) is 40.5 Å². The van der Waals surface area contributed by atoms with Crippen molar-refractivity contribution in [2.45, 2.75) is 18.2 Å². The molecule has 5 heteroatoms. The lowest BCUT2D eigenvalue weighted by molar-refractivity contribution is 0.423. The van der Waals surface area contributed by atoms with E-state index in [1.165, 1.54) is 12.1 Å². The fourth-order valence-corrected chi connectivity index (χ4v) is 1.84. The predicted molar refractivity (Wildman–Crippen MR) is 57.2 cm³/mol. The van der Waals surface area contributed by atoms with E-state index in [0.717, 1.165) is 17.1 Å². The van der Waals surface area contributed by atoms with Crippen molar-refractivity contribution in [3.63, 3.8) is 0 Å². The second-order valence-electron chi connectivity index (χ2n) is 2.91. The van der Waals surface area contributed by atoms with Gasteiger partial charge in [0.2, 0.25) is 0 Å². The van der Waals surface area contributed by atoms with Crippen molar-refractivity contribution >= 4 is 24.3 Å². The van der Waals surface area contributed by atoms with Crippen LogP contribution in [-0.4, -0.2) is 22.9 Å². The molecule has 1 rings (SSSR count). The third kappa shape index (κ3) is 3.01. The minimum Gasteiger partial charge on any atom is -0.423 e. The Morgan fingerprint density at radius 3 is 2.71 bits per heavy atom. The first kappa shape index (κ1) is 11.6. The van der Waals surface area contributed by atoms with Crippen molar-refractivity contribution in [1.29, 1.82) is 0 Å². The smallest absolute Gasteiger partial charge is 0.423 e. The minimum atomic E-state index is -1.74. The first-order valence-electron chi connectivity index (χ1n) is 4.43. The largest absolute Gasteiger partial charge is 0.491 e. The summed E-state index contributed by atoms with van der Waals surface area (Å²) in [6.45, 7) is 2.05. The molecule has 0 saturated heterocycles. The van der Waals surface area contributed by atoms with Crippen molar-refractivity contribution in [2.24, 2.45) is 0 Å². The molecule has 0 bridgehead atoms. The molecule has 0 radical (unpaired) electrons. The van der Waals surface area contributed by atoms with Crippen LogP contribution in [0.5, 0.6) is 0 Å². The summed E-state index contributed by atoms with van der Waals surface area (Å²) in [6.07, 6.45) is 1.03. The summed E-state index contributed by atoms with van der Waals surface area (Å²) in [5.74, 6) is 0.355. The fourth-order valence-electron chi connectivity index (χ4n) is 1.03. The molecule has 0 heterocycles. The summed E-state index contributed by atoms with van der Waals surface area (Å²) in [5, 5.41) is 17.7. The second-order valence-corrected chi connectivity index (χ2v) is 4.07. The summed E-state index contributed by atoms with van der Waals surface area (Å²) >= 11 is 1.57. The average molecular weight is 214 g/mol. The van der Waals surface area contributed by atoms with E-state index in [9.17, 15) is 4.39 Å². The zero-order valence-corrected chi connectivity index (χ0v) is 8.72. The lowest BCUT2D eigenvalue weighted by Gasteiger charge is -2.04. The molecule has 1 aromatic rings. The number of hydrogen-bond donors (Lipinski definition) is 2. The van der Waals surface area contributed by atoms with E-state index >= 15 is 0 Å². The number of hydrogen-bond acceptors (Lipinski definition) is 3. The van der Waals surface area contributed by atoms with Crippen molar-refractivity contribution < 1.29 is 14.4 Å². The van der Waals surface area contributed by atoms with Crippen LogP contribution in [-0.2, 0) is 0 Å². The number of thioether (sulfide) groups is 1. The maximum Gasteiger partial charge on any atom is 0.491 e. The molecule has 0 unspecified atom stereocenters. The molecule has 2 N–H and O–H groups in total. The summed E-state index contributed by atoms with van der Waals surface area (Å²) in [6, 6.07) is 4.37. The molecular formula is C9H12BFO2S. The molecule has 0 aliphatic rings. The van der Waals surface area contributed by atoms with E-state index in [4.69, 9.17) is 10.0 Å². The molecule has 0 aliphatic carbocycles. The van der Waals surface area contributed by atoms with E-state index < -0.39 is 12.9 Å². The molecule has 2 nitrogen and oxygen atoms in total. The van der Waals surface area contributed by atoms with E-state index in [2.05, 4.69) is 6.92 Å². The van der Waals surface area contributed by atoms with Crippen LogP contribution in [0.25, 0.3) is 0 Å². The van der Waals surface area contributed by atoms with Gasteiger partial charge < -0.3 is 10.0 Å². The maximum absolute atomic E-state index is 13.0. The van der Waals surface area contributed by atoms with Crippen molar-refractivity contribution in [2.75, 3.05) is 5.75 Å². The lowest BCUT2D eigenvalue weighted by Crippen LogP contribution is -2.32. The third-order valence-corrected chi connectivity index (χ3v) is 2.92. The fraction of sp³-hybridized carbons (Fsp3) is 0.333. The molecule has 0 saturated carbocycles. The van der Waals surface area contributed by atoms with Gasteiger partial charge in [0.25, 0.3) is 0 Å². The van der Waals surface area contributed by atoms with Crippen LogP contribution in [0.1, 0.15) is 13.3 Å². The highest BCUT2D eigenvalue weighted by Gasteiger charge is 2.16. The molecule has 0 atom stereocenters. The Kier molecular flexibility index (Phi) is 4.45. The van der Waals surface area contributed by atoms with Gasteiger partial charge in [-0.25, -0.2) is 4.39 Å². The number of benzene rings is 1. The van der Waals surface area contributed by atoms with Crippen LogP contribution in [0, 0.1) is 5.82 Å². The lowest BCUT2D eigenvalue weighted by atomic mass is 9.80. The van der Waals surface area contributed by atoms with Crippen LogP contribution in [0.3, 0.4) is 0 Å². The zero-order chi connectivity index (χ0) is 10.6. The normalized spacial score (nSPS) is 10.3. The van der Waals surface area contributed by atoms with Crippen molar-refractivity contribution in [3.05, 3.63) is 24.0 Å². The molecule has 14 heavy (non-hydrogen) atoms. The van der Waals surface area contributed by atoms with Gasteiger partial charge in [0.05, 0.1) is 0 Å². The standard InChI is InChI=1S/C9H12BFO2S/c1-2-5-14-7-3-4-9(11)8(6-7)10(12)13/h3-4,6,12-13H,2,5H2,1H3. The number of halogens is 1. The summed E-state index contributed by atoms with van der Waals surface area (Å²) in [4.78, 5) is 0.858. The summed E-state index contributed by atoms with van der Waals surface area (Å²) < 4.78 is 13.0. The Morgan fingerprint density at radius 1 is 1.43 bits per heavy atom. The predicted octanol–water partition coefficient (Wildman–Crippen LogP) is 1.01. The molecule has 0 fully saturated rings. The zero-order valence-electron chi connectivity index (χ0n) is 7.90. The molecule has 0 aliphatic heterocycles. The van der Waals surface area contributed by atoms with Crippen LogP contribution in [0.4, 0.5) is 4.39 Å². The molecular weight excluding hydrogens is 202 g/mol. The Morgan fingerprint density at radius 2 is 2.14 bits per heavy atom. The summed E-state index contributed by atoms with van der Waals surface area (Å²) in [5.41, 5.74) is -0.0638. The van der Waals surface area contributed by atoms with Gasteiger partial charge in [-0.15, -0.1) is 11.8 Å². The van der Waals surface area contributed by atoms with Gasteiger partial charge in [-0.05, 0) is 30.4 Å². The molecule has 0 amide bonds. The van der Waals surface area contributed by atoms with E-state index in [1.807, 2.05) is 0 Å². The van der Waals surface area contributed by atoms with Gasteiger partial charge in [-0.2, -0.15) is 0 Å². The van der Waals surface area contributed by atoms with E-state index in [1.54, 1.807) is 17.8 Å². The third-order valence-electron chi connectivity index (χ3n) is 1.72. The van der Waals surface area contributed by atoms with Gasteiger partial charge in [0, 0.05) is 10.4 Å². The number of rotatable bonds is 4. The average Bonchev–Trinajstić information content (AvgIpc) is 2.16. The van der Waals surface area contributed by atoms with Gasteiger partial charge in [-0.3, -0.25) is 0 Å². The highest BCUT2D eigenvalue weighted by atomic mass is 32.2. The Balaban J connectivity index is 2.83. The van der Waals surface area contributed by atoms with Crippen molar-refractivity contribution in [3.8, 4) is 0 Å². The van der Waals surface area contributed by atoms with Crippen LogP contribution >= 0.6 is 11.8 Å². The maximum atomic E-state index is 13.0. The molecule has 76 valence electrons. The first-order valence-corrected chi connectivity index (χ1v) is 5.42. The van der Waals surface area contributed by atoms with E-state index in [0.29, 0.717) is 0 Å². The van der Waals surface area contributed by atoms with Gasteiger partial charge in [0.15, 0.2) is 0 Å². The van der Waals surface area contributed by atoms with Crippen LogP contribution in [0.15, 0.2) is 23.1 Å². The Hall–Kier alpha value is -0.515. The second kappa shape index (κ2) is 5.39. The molecule has 0 aromatic heterocycles. The SMILES string of the molecule is CCCSc1ccc(F)c(B(O)O)c1. The highest BCUT2D eigenvalue weighted by molar-refractivity contribution is 7.99. The molecule has 0 spiro atoms. The summed E-state index contributed by atoms with van der Waals surface area (Å²) in [7, 11) is -1.74. The Bertz CT molecular complexity index is 307. The van der Waals surface area contributed by atoms with Crippen molar-refractivity contribution in [1.82, 2.24) is 0 Å². The quantitative estimate of drug-likeness (QED) is 0.580. The van der Waals surface area contributed by atoms with Gasteiger partial charge in [-0.1, -0.05) is 6.92 Å². The van der Waals surface area contributed by atoms with E-state index in [-0.39, 0.29) is 5.46 Å². The van der Waals surface area contributed by atoms with Crippen LogP contribution in [0.2, 0.25) is 0 Å².